The fourth-order valence-corrected chi connectivity index (χ4v) is 4.59. The van der Waals surface area contributed by atoms with Crippen LogP contribution >= 0.6 is 0 Å². The van der Waals surface area contributed by atoms with Gasteiger partial charge in [-0.15, -0.1) is 0 Å². The lowest BCUT2D eigenvalue weighted by Gasteiger charge is -2.18. The molecule has 0 aromatic heterocycles. The molecule has 164 valence electrons. The second-order valence-corrected chi connectivity index (χ2v) is 9.71. The standard InChI is InChI=1S/C24H28N2O4S/c1-19(27)25(20-11-5-4-6-12-20)17-15-23-24(2,3)21-13-7-8-14-22(21)26(23)16-9-10-18-31(28,29)30/h4-8,11-15,17H,9-10,16,18H2,1-3H3. The van der Waals surface area contributed by atoms with E-state index >= 15 is 0 Å². The third-order valence-electron chi connectivity index (χ3n) is 5.58. The molecule has 1 amide bonds. The summed E-state index contributed by atoms with van der Waals surface area (Å²) < 4.78 is 35.0. The van der Waals surface area contributed by atoms with E-state index in [1.165, 1.54) is 12.5 Å². The highest BCUT2D eigenvalue weighted by Crippen LogP contribution is 2.40. The average molecular weight is 441 g/mol. The van der Waals surface area contributed by atoms with E-state index in [1.54, 1.807) is 11.1 Å². The molecule has 0 atom stereocenters. The van der Waals surface area contributed by atoms with Gasteiger partial charge in [0.15, 0.2) is 5.71 Å². The van der Waals surface area contributed by atoms with Gasteiger partial charge in [0.2, 0.25) is 11.6 Å². The maximum atomic E-state index is 12.3. The number of para-hydroxylation sites is 2. The van der Waals surface area contributed by atoms with Gasteiger partial charge in [-0.25, -0.2) is 8.42 Å². The van der Waals surface area contributed by atoms with Crippen LogP contribution in [-0.2, 0) is 20.3 Å². The summed E-state index contributed by atoms with van der Waals surface area (Å²) in [7, 11) is -4.21. The molecule has 1 aliphatic rings. The molecular formula is C24H28N2O4S. The van der Waals surface area contributed by atoms with Crippen molar-refractivity contribution in [2.45, 2.75) is 39.0 Å². The predicted octanol–water partition coefficient (Wildman–Crippen LogP) is 3.96. The summed E-state index contributed by atoms with van der Waals surface area (Å²) in [4.78, 5) is 13.9. The van der Waals surface area contributed by atoms with E-state index in [0.717, 1.165) is 17.1 Å². The third kappa shape index (κ3) is 5.29. The molecule has 6 nitrogen and oxygen atoms in total. The van der Waals surface area contributed by atoms with Crippen LogP contribution in [0.3, 0.4) is 0 Å². The maximum absolute atomic E-state index is 12.3. The topological polar surface area (TPSA) is 80.5 Å². The number of amides is 1. The molecule has 0 fully saturated rings. The molecule has 0 unspecified atom stereocenters. The number of benzene rings is 2. The van der Waals surface area contributed by atoms with Gasteiger partial charge < -0.3 is 4.55 Å². The van der Waals surface area contributed by atoms with Crippen molar-refractivity contribution in [2.24, 2.45) is 0 Å². The summed E-state index contributed by atoms with van der Waals surface area (Å²) in [5.41, 5.74) is 3.73. The molecule has 0 bridgehead atoms. The highest BCUT2D eigenvalue weighted by atomic mass is 32.2. The summed E-state index contributed by atoms with van der Waals surface area (Å²) in [6.07, 6.45) is 4.62. The first-order valence-corrected chi connectivity index (χ1v) is 11.9. The summed E-state index contributed by atoms with van der Waals surface area (Å²) in [6.45, 7) is 6.38. The lowest BCUT2D eigenvalue weighted by Crippen LogP contribution is -2.29. The van der Waals surface area contributed by atoms with Gasteiger partial charge in [-0.3, -0.25) is 9.69 Å². The van der Waals surface area contributed by atoms with E-state index in [2.05, 4.69) is 24.5 Å². The number of carbonyl (C=O) groups is 1. The molecule has 3 rings (SSSR count). The van der Waals surface area contributed by atoms with Gasteiger partial charge in [0, 0.05) is 48.7 Å². The summed E-state index contributed by atoms with van der Waals surface area (Å²) in [5, 5.41) is 0. The molecule has 0 N–H and O–H groups in total. The van der Waals surface area contributed by atoms with Gasteiger partial charge in [0.05, 0.1) is 15.5 Å². The second-order valence-electron chi connectivity index (χ2n) is 8.19. The highest BCUT2D eigenvalue weighted by Gasteiger charge is 2.43. The predicted molar refractivity (Wildman–Crippen MR) is 122 cm³/mol. The maximum Gasteiger partial charge on any atom is 0.227 e. The number of allylic oxidation sites excluding steroid dienone is 1. The third-order valence-corrected chi connectivity index (χ3v) is 6.37. The largest absolute Gasteiger partial charge is 0.748 e. The zero-order valence-corrected chi connectivity index (χ0v) is 18.9. The van der Waals surface area contributed by atoms with Crippen molar-refractivity contribution in [1.29, 1.82) is 0 Å². The molecule has 0 saturated carbocycles. The van der Waals surface area contributed by atoms with Crippen molar-refractivity contribution >= 4 is 33.1 Å². The minimum atomic E-state index is -4.21. The number of fused-ring (bicyclic) bond motifs is 1. The van der Waals surface area contributed by atoms with Crippen LogP contribution in [0.1, 0.15) is 39.2 Å². The van der Waals surface area contributed by atoms with Crippen molar-refractivity contribution in [3.05, 3.63) is 72.4 Å². The molecule has 0 radical (unpaired) electrons. The van der Waals surface area contributed by atoms with Gasteiger partial charge in [-0.2, -0.15) is 4.58 Å². The molecule has 0 saturated heterocycles. The van der Waals surface area contributed by atoms with Crippen molar-refractivity contribution in [1.82, 2.24) is 0 Å². The summed E-state index contributed by atoms with van der Waals surface area (Å²) in [6, 6.07) is 17.5. The van der Waals surface area contributed by atoms with Crippen molar-refractivity contribution in [2.75, 3.05) is 17.2 Å². The first-order chi connectivity index (χ1) is 14.6. The van der Waals surface area contributed by atoms with Gasteiger partial charge in [-0.1, -0.05) is 36.4 Å². The first-order valence-electron chi connectivity index (χ1n) is 10.3. The molecule has 2 aromatic rings. The molecule has 0 aliphatic carbocycles. The van der Waals surface area contributed by atoms with Crippen molar-refractivity contribution in [3.8, 4) is 0 Å². The van der Waals surface area contributed by atoms with Crippen molar-refractivity contribution < 1.29 is 22.3 Å². The summed E-state index contributed by atoms with van der Waals surface area (Å²) >= 11 is 0. The van der Waals surface area contributed by atoms with E-state index in [-0.39, 0.29) is 17.1 Å². The van der Waals surface area contributed by atoms with Crippen LogP contribution < -0.4 is 4.90 Å². The van der Waals surface area contributed by atoms with E-state index in [9.17, 15) is 17.8 Å². The monoisotopic (exact) mass is 440 g/mol. The summed E-state index contributed by atoms with van der Waals surface area (Å²) in [5.74, 6) is -0.452. The number of hydrogen-bond donors (Lipinski definition) is 0. The molecule has 0 spiro atoms. The number of rotatable bonds is 8. The van der Waals surface area contributed by atoms with Gasteiger partial charge >= 0.3 is 0 Å². The number of hydrogen-bond acceptors (Lipinski definition) is 4. The molecule has 2 aromatic carbocycles. The molecular weight excluding hydrogens is 412 g/mol. The molecule has 1 aliphatic heterocycles. The van der Waals surface area contributed by atoms with E-state index in [4.69, 9.17) is 0 Å². The molecule has 31 heavy (non-hydrogen) atoms. The quantitative estimate of drug-likeness (QED) is 0.354. The average Bonchev–Trinajstić information content (AvgIpc) is 2.92. The smallest absolute Gasteiger partial charge is 0.227 e. The Morgan fingerprint density at radius 3 is 2.35 bits per heavy atom. The van der Waals surface area contributed by atoms with Crippen LogP contribution in [0.2, 0.25) is 0 Å². The van der Waals surface area contributed by atoms with Crippen LogP contribution in [-0.4, -0.2) is 41.5 Å². The van der Waals surface area contributed by atoms with Gasteiger partial charge in [-0.05, 0) is 32.4 Å². The lowest BCUT2D eigenvalue weighted by molar-refractivity contribution is -0.438. The van der Waals surface area contributed by atoms with Gasteiger partial charge in [0.25, 0.3) is 0 Å². The number of nitrogens with zero attached hydrogens (tertiary/aromatic N) is 2. The number of anilines is 1. The normalized spacial score (nSPS) is 15.4. The Morgan fingerprint density at radius 1 is 1.06 bits per heavy atom. The molecule has 1 heterocycles. The number of unbranched alkanes of at least 4 members (excludes halogenated alkanes) is 1. The van der Waals surface area contributed by atoms with E-state index in [0.29, 0.717) is 19.4 Å². The Bertz CT molecular complexity index is 1120. The lowest BCUT2D eigenvalue weighted by atomic mass is 9.81. The van der Waals surface area contributed by atoms with Crippen LogP contribution in [0.25, 0.3) is 0 Å². The van der Waals surface area contributed by atoms with Crippen LogP contribution in [0.15, 0.2) is 66.9 Å². The zero-order chi connectivity index (χ0) is 22.6. The highest BCUT2D eigenvalue weighted by molar-refractivity contribution is 7.85. The Labute approximate surface area is 184 Å². The van der Waals surface area contributed by atoms with Gasteiger partial charge in [0.1, 0.15) is 6.54 Å². The molecule has 7 heteroatoms. The van der Waals surface area contributed by atoms with E-state index in [1.807, 2.05) is 54.6 Å². The fraction of sp³-hybridized carbons (Fsp3) is 0.333. The minimum Gasteiger partial charge on any atom is -0.748 e. The van der Waals surface area contributed by atoms with Crippen molar-refractivity contribution in [3.63, 3.8) is 0 Å². The van der Waals surface area contributed by atoms with Crippen LogP contribution in [0.5, 0.6) is 0 Å². The number of carbonyl (C=O) groups excluding carboxylic acids is 1. The fourth-order valence-electron chi connectivity index (χ4n) is 4.04. The Hall–Kier alpha value is -2.77. The Balaban J connectivity index is 1.96. The Kier molecular flexibility index (Phi) is 6.77. The minimum absolute atomic E-state index is 0.0939. The Morgan fingerprint density at radius 2 is 1.71 bits per heavy atom. The van der Waals surface area contributed by atoms with Crippen LogP contribution in [0, 0.1) is 0 Å². The SMILES string of the molecule is CC(=O)N(C=CC1=[N+](CCCCS(=O)(=O)[O-])c2ccccc2C1(C)C)c1ccccc1. The first kappa shape index (κ1) is 22.9. The second kappa shape index (κ2) is 9.16. The van der Waals surface area contributed by atoms with E-state index < -0.39 is 10.1 Å². The van der Waals surface area contributed by atoms with Crippen LogP contribution in [0.4, 0.5) is 11.4 Å². The zero-order valence-electron chi connectivity index (χ0n) is 18.1.